The van der Waals surface area contributed by atoms with Gasteiger partial charge < -0.3 is 0 Å². The molecule has 0 saturated carbocycles. The van der Waals surface area contributed by atoms with Crippen LogP contribution in [0.25, 0.3) is 0 Å². The topological polar surface area (TPSA) is 0 Å². The molecular formula is C17H18ClF. The number of halogens is 2. The molecule has 1 atom stereocenters. The standard InChI is InChI=1S/C17H18ClF/c1-12-11-13(9-10-15(12)19)16(18)17(2,3)14-7-5-4-6-8-14/h4-11,16H,1-3H3. The maximum absolute atomic E-state index is 13.3. The first-order chi connectivity index (χ1) is 8.93. The Kier molecular flexibility index (Phi) is 3.96. The monoisotopic (exact) mass is 276 g/mol. The second-order valence-corrected chi connectivity index (χ2v) is 5.90. The van der Waals surface area contributed by atoms with Crippen LogP contribution >= 0.6 is 11.6 Å². The summed E-state index contributed by atoms with van der Waals surface area (Å²) in [5, 5.41) is -0.200. The average molecular weight is 277 g/mol. The number of hydrogen-bond donors (Lipinski definition) is 0. The van der Waals surface area contributed by atoms with Gasteiger partial charge in [-0.25, -0.2) is 4.39 Å². The Balaban J connectivity index is 2.37. The van der Waals surface area contributed by atoms with Gasteiger partial charge in [-0.3, -0.25) is 0 Å². The molecule has 0 spiro atoms. The molecule has 0 amide bonds. The Morgan fingerprint density at radius 3 is 2.26 bits per heavy atom. The van der Waals surface area contributed by atoms with Crippen molar-refractivity contribution in [3.05, 3.63) is 71.0 Å². The van der Waals surface area contributed by atoms with E-state index in [1.165, 1.54) is 11.6 Å². The summed E-state index contributed by atoms with van der Waals surface area (Å²) in [6.45, 7) is 5.98. The number of aryl methyl sites for hydroxylation is 1. The van der Waals surface area contributed by atoms with Crippen molar-refractivity contribution in [1.82, 2.24) is 0 Å². The molecule has 0 aliphatic rings. The van der Waals surface area contributed by atoms with Crippen LogP contribution in [0.1, 0.15) is 35.9 Å². The Morgan fingerprint density at radius 2 is 1.68 bits per heavy atom. The summed E-state index contributed by atoms with van der Waals surface area (Å²) < 4.78 is 13.3. The van der Waals surface area contributed by atoms with E-state index in [-0.39, 0.29) is 16.6 Å². The predicted octanol–water partition coefficient (Wildman–Crippen LogP) is 5.39. The lowest BCUT2D eigenvalue weighted by Crippen LogP contribution is -2.23. The van der Waals surface area contributed by atoms with Crippen molar-refractivity contribution in [2.75, 3.05) is 0 Å². The summed E-state index contributed by atoms with van der Waals surface area (Å²) in [6.07, 6.45) is 0. The Labute approximate surface area is 119 Å². The number of alkyl halides is 1. The van der Waals surface area contributed by atoms with Gasteiger partial charge in [0, 0.05) is 5.41 Å². The maximum atomic E-state index is 13.3. The highest BCUT2D eigenvalue weighted by Crippen LogP contribution is 2.41. The number of rotatable bonds is 3. The van der Waals surface area contributed by atoms with Crippen molar-refractivity contribution in [2.45, 2.75) is 31.6 Å². The Hall–Kier alpha value is -1.34. The molecule has 1 unspecified atom stereocenters. The zero-order valence-electron chi connectivity index (χ0n) is 11.5. The smallest absolute Gasteiger partial charge is 0.126 e. The van der Waals surface area contributed by atoms with Gasteiger partial charge in [0.1, 0.15) is 5.82 Å². The second kappa shape index (κ2) is 5.34. The van der Waals surface area contributed by atoms with Gasteiger partial charge in [-0.2, -0.15) is 0 Å². The second-order valence-electron chi connectivity index (χ2n) is 5.46. The van der Waals surface area contributed by atoms with E-state index in [1.54, 1.807) is 13.0 Å². The van der Waals surface area contributed by atoms with E-state index >= 15 is 0 Å². The number of benzene rings is 2. The number of hydrogen-bond acceptors (Lipinski definition) is 0. The van der Waals surface area contributed by atoms with E-state index in [1.807, 2.05) is 24.3 Å². The molecule has 0 aromatic heterocycles. The predicted molar refractivity (Wildman–Crippen MR) is 79.2 cm³/mol. The molecule has 2 heteroatoms. The molecule has 0 aliphatic heterocycles. The molecule has 0 aliphatic carbocycles. The maximum Gasteiger partial charge on any atom is 0.126 e. The minimum Gasteiger partial charge on any atom is -0.207 e. The lowest BCUT2D eigenvalue weighted by atomic mass is 9.78. The molecule has 0 heterocycles. The normalized spacial score (nSPS) is 13.3. The largest absolute Gasteiger partial charge is 0.207 e. The minimum atomic E-state index is -0.215. The van der Waals surface area contributed by atoms with Gasteiger partial charge in [0.15, 0.2) is 0 Å². The average Bonchev–Trinajstić information content (AvgIpc) is 2.42. The molecule has 19 heavy (non-hydrogen) atoms. The minimum absolute atomic E-state index is 0.190. The first kappa shape index (κ1) is 14.1. The Bertz CT molecular complexity index is 561. The third-order valence-electron chi connectivity index (χ3n) is 3.63. The van der Waals surface area contributed by atoms with Crippen LogP contribution in [0.2, 0.25) is 0 Å². The molecule has 0 radical (unpaired) electrons. The van der Waals surface area contributed by atoms with Crippen LogP contribution in [0.4, 0.5) is 4.39 Å². The molecule has 100 valence electrons. The summed E-state index contributed by atoms with van der Waals surface area (Å²) in [4.78, 5) is 0. The van der Waals surface area contributed by atoms with Crippen LogP contribution < -0.4 is 0 Å². The van der Waals surface area contributed by atoms with Gasteiger partial charge >= 0.3 is 0 Å². The summed E-state index contributed by atoms with van der Waals surface area (Å²) >= 11 is 6.63. The highest BCUT2D eigenvalue weighted by molar-refractivity contribution is 6.21. The van der Waals surface area contributed by atoms with Gasteiger partial charge in [0.25, 0.3) is 0 Å². The summed E-state index contributed by atoms with van der Waals surface area (Å²) in [5.74, 6) is -0.190. The van der Waals surface area contributed by atoms with Crippen LogP contribution in [-0.4, -0.2) is 0 Å². The van der Waals surface area contributed by atoms with Gasteiger partial charge in [-0.05, 0) is 29.7 Å². The molecule has 0 bridgehead atoms. The van der Waals surface area contributed by atoms with Crippen molar-refractivity contribution in [3.63, 3.8) is 0 Å². The summed E-state index contributed by atoms with van der Waals surface area (Å²) in [5.41, 5.74) is 2.55. The molecule has 2 aromatic rings. The zero-order valence-corrected chi connectivity index (χ0v) is 12.2. The highest BCUT2D eigenvalue weighted by atomic mass is 35.5. The summed E-state index contributed by atoms with van der Waals surface area (Å²) in [6, 6.07) is 15.2. The molecule has 2 aromatic carbocycles. The van der Waals surface area contributed by atoms with Gasteiger partial charge in [0.05, 0.1) is 5.38 Å². The SMILES string of the molecule is Cc1cc(C(Cl)C(C)(C)c2ccccc2)ccc1F. The quantitative estimate of drug-likeness (QED) is 0.659. The fourth-order valence-corrected chi connectivity index (χ4v) is 2.52. The fraction of sp³-hybridized carbons (Fsp3) is 0.294. The third kappa shape index (κ3) is 2.82. The van der Waals surface area contributed by atoms with E-state index in [2.05, 4.69) is 26.0 Å². The van der Waals surface area contributed by atoms with Crippen molar-refractivity contribution in [2.24, 2.45) is 0 Å². The van der Waals surface area contributed by atoms with Crippen LogP contribution in [0.5, 0.6) is 0 Å². The van der Waals surface area contributed by atoms with Crippen molar-refractivity contribution < 1.29 is 4.39 Å². The van der Waals surface area contributed by atoms with E-state index in [0.717, 1.165) is 5.56 Å². The van der Waals surface area contributed by atoms with Gasteiger partial charge in [-0.15, -0.1) is 11.6 Å². The van der Waals surface area contributed by atoms with E-state index < -0.39 is 0 Å². The Morgan fingerprint density at radius 1 is 1.05 bits per heavy atom. The highest BCUT2D eigenvalue weighted by Gasteiger charge is 2.31. The molecule has 2 rings (SSSR count). The van der Waals surface area contributed by atoms with Gasteiger partial charge in [-0.1, -0.05) is 56.3 Å². The molecule has 0 N–H and O–H groups in total. The van der Waals surface area contributed by atoms with Crippen LogP contribution in [0, 0.1) is 12.7 Å². The van der Waals surface area contributed by atoms with Crippen molar-refractivity contribution >= 4 is 11.6 Å². The van der Waals surface area contributed by atoms with Crippen molar-refractivity contribution in [1.29, 1.82) is 0 Å². The van der Waals surface area contributed by atoms with E-state index in [0.29, 0.717) is 5.56 Å². The van der Waals surface area contributed by atoms with Crippen LogP contribution in [0.3, 0.4) is 0 Å². The molecule has 0 fully saturated rings. The molecule has 0 nitrogen and oxygen atoms in total. The summed E-state index contributed by atoms with van der Waals surface area (Å²) in [7, 11) is 0. The fourth-order valence-electron chi connectivity index (χ4n) is 2.26. The van der Waals surface area contributed by atoms with Crippen LogP contribution in [-0.2, 0) is 5.41 Å². The molecular weight excluding hydrogens is 259 g/mol. The first-order valence-corrected chi connectivity index (χ1v) is 6.82. The lowest BCUT2D eigenvalue weighted by Gasteiger charge is -2.31. The van der Waals surface area contributed by atoms with E-state index in [4.69, 9.17) is 11.6 Å². The van der Waals surface area contributed by atoms with E-state index in [9.17, 15) is 4.39 Å². The molecule has 0 saturated heterocycles. The third-order valence-corrected chi connectivity index (χ3v) is 4.42. The van der Waals surface area contributed by atoms with Crippen LogP contribution in [0.15, 0.2) is 48.5 Å². The first-order valence-electron chi connectivity index (χ1n) is 6.38. The van der Waals surface area contributed by atoms with Gasteiger partial charge in [0.2, 0.25) is 0 Å². The zero-order chi connectivity index (χ0) is 14.0. The lowest BCUT2D eigenvalue weighted by molar-refractivity contribution is 0.503. The van der Waals surface area contributed by atoms with Crippen molar-refractivity contribution in [3.8, 4) is 0 Å².